The van der Waals surface area contributed by atoms with Crippen molar-refractivity contribution in [2.75, 3.05) is 5.32 Å². The number of hydrogen-bond donors (Lipinski definition) is 2. The summed E-state index contributed by atoms with van der Waals surface area (Å²) in [5.74, 6) is -1.13. The lowest BCUT2D eigenvalue weighted by Crippen LogP contribution is -2.25. The van der Waals surface area contributed by atoms with Crippen LogP contribution in [0.25, 0.3) is 5.69 Å². The predicted molar refractivity (Wildman–Crippen MR) is 85.8 cm³/mol. The lowest BCUT2D eigenvalue weighted by Gasteiger charge is -2.08. The zero-order valence-electron chi connectivity index (χ0n) is 13.0. The minimum absolute atomic E-state index is 0.0159. The SMILES string of the molecule is Cc1n[nH]c(C)c1NC(=O)c1ccc(=O)n(-c2ccccc2F)n1. The van der Waals surface area contributed by atoms with Crippen LogP contribution in [-0.2, 0) is 0 Å². The van der Waals surface area contributed by atoms with Crippen LogP contribution in [0.3, 0.4) is 0 Å². The average molecular weight is 327 g/mol. The van der Waals surface area contributed by atoms with E-state index in [1.165, 1.54) is 30.3 Å². The molecule has 1 amide bonds. The standard InChI is InChI=1S/C16H14FN5O2/c1-9-15(10(2)20-19-9)18-16(24)12-7-8-14(23)22(21-12)13-6-4-3-5-11(13)17/h3-8H,1-2H3,(H,18,24)(H,19,20). The lowest BCUT2D eigenvalue weighted by atomic mass is 10.3. The zero-order valence-corrected chi connectivity index (χ0v) is 13.0. The quantitative estimate of drug-likeness (QED) is 0.769. The van der Waals surface area contributed by atoms with Crippen LogP contribution in [0.2, 0.25) is 0 Å². The first-order valence-electron chi connectivity index (χ1n) is 7.15. The van der Waals surface area contributed by atoms with Crippen molar-refractivity contribution >= 4 is 11.6 Å². The molecule has 0 saturated heterocycles. The Balaban J connectivity index is 1.98. The van der Waals surface area contributed by atoms with Crippen LogP contribution in [-0.4, -0.2) is 25.9 Å². The highest BCUT2D eigenvalue weighted by atomic mass is 19.1. The van der Waals surface area contributed by atoms with Gasteiger partial charge in [0.2, 0.25) is 0 Å². The van der Waals surface area contributed by atoms with Gasteiger partial charge in [-0.25, -0.2) is 4.39 Å². The van der Waals surface area contributed by atoms with Crippen molar-refractivity contribution in [1.29, 1.82) is 0 Å². The predicted octanol–water partition coefficient (Wildman–Crippen LogP) is 1.96. The number of nitrogens with one attached hydrogen (secondary N) is 2. The molecule has 0 spiro atoms. The third kappa shape index (κ3) is 2.81. The van der Waals surface area contributed by atoms with E-state index in [0.29, 0.717) is 17.1 Å². The molecular formula is C16H14FN5O2. The van der Waals surface area contributed by atoms with Gasteiger partial charge in [-0.15, -0.1) is 0 Å². The normalized spacial score (nSPS) is 10.6. The molecule has 0 atom stereocenters. The second kappa shape index (κ2) is 6.07. The molecule has 3 rings (SSSR count). The Bertz CT molecular complexity index is 957. The number of hydrogen-bond acceptors (Lipinski definition) is 4. The first-order valence-corrected chi connectivity index (χ1v) is 7.15. The van der Waals surface area contributed by atoms with Gasteiger partial charge in [0.15, 0.2) is 0 Å². The van der Waals surface area contributed by atoms with Crippen LogP contribution in [0.5, 0.6) is 0 Å². The zero-order chi connectivity index (χ0) is 17.3. The molecule has 7 nitrogen and oxygen atoms in total. The number of benzene rings is 1. The van der Waals surface area contributed by atoms with Crippen LogP contribution < -0.4 is 10.9 Å². The maximum atomic E-state index is 13.9. The summed E-state index contributed by atoms with van der Waals surface area (Å²) in [7, 11) is 0. The van der Waals surface area contributed by atoms with Gasteiger partial charge >= 0.3 is 0 Å². The summed E-state index contributed by atoms with van der Waals surface area (Å²) in [6.45, 7) is 3.51. The van der Waals surface area contributed by atoms with Gasteiger partial charge in [0.05, 0.1) is 17.1 Å². The van der Waals surface area contributed by atoms with Crippen molar-refractivity contribution in [1.82, 2.24) is 20.0 Å². The number of anilines is 1. The highest BCUT2D eigenvalue weighted by molar-refractivity contribution is 6.03. The summed E-state index contributed by atoms with van der Waals surface area (Å²) in [5, 5.41) is 13.4. The van der Waals surface area contributed by atoms with E-state index in [9.17, 15) is 14.0 Å². The summed E-state index contributed by atoms with van der Waals surface area (Å²) in [5.41, 5.74) is 1.30. The fraction of sp³-hybridized carbons (Fsp3) is 0.125. The van der Waals surface area contributed by atoms with E-state index in [2.05, 4.69) is 20.6 Å². The Morgan fingerprint density at radius 1 is 1.21 bits per heavy atom. The van der Waals surface area contributed by atoms with E-state index in [-0.39, 0.29) is 11.4 Å². The second-order valence-electron chi connectivity index (χ2n) is 5.18. The molecule has 122 valence electrons. The van der Waals surface area contributed by atoms with E-state index in [4.69, 9.17) is 0 Å². The number of aromatic amines is 1. The van der Waals surface area contributed by atoms with Gasteiger partial charge in [-0.1, -0.05) is 12.1 Å². The van der Waals surface area contributed by atoms with Crippen LogP contribution in [0, 0.1) is 19.7 Å². The Morgan fingerprint density at radius 2 is 1.96 bits per heavy atom. The number of H-pyrrole nitrogens is 1. The third-order valence-electron chi connectivity index (χ3n) is 3.48. The number of para-hydroxylation sites is 1. The van der Waals surface area contributed by atoms with Crippen LogP contribution >= 0.6 is 0 Å². The van der Waals surface area contributed by atoms with E-state index in [1.54, 1.807) is 19.9 Å². The average Bonchev–Trinajstić information content (AvgIpc) is 2.88. The van der Waals surface area contributed by atoms with E-state index >= 15 is 0 Å². The number of rotatable bonds is 3. The highest BCUT2D eigenvalue weighted by Crippen LogP contribution is 2.17. The van der Waals surface area contributed by atoms with Crippen LogP contribution in [0.1, 0.15) is 21.9 Å². The van der Waals surface area contributed by atoms with Crippen LogP contribution in [0.15, 0.2) is 41.2 Å². The van der Waals surface area contributed by atoms with Crippen molar-refractivity contribution in [3.63, 3.8) is 0 Å². The maximum absolute atomic E-state index is 13.9. The Hall–Kier alpha value is -3.29. The molecule has 3 aromatic rings. The van der Waals surface area contributed by atoms with Crippen molar-refractivity contribution in [3.8, 4) is 5.69 Å². The molecule has 8 heteroatoms. The first-order chi connectivity index (χ1) is 11.5. The van der Waals surface area contributed by atoms with Gasteiger partial charge in [-0.2, -0.15) is 14.9 Å². The first kappa shape index (κ1) is 15.6. The number of aromatic nitrogens is 4. The summed E-state index contributed by atoms with van der Waals surface area (Å²) in [6.07, 6.45) is 0. The molecule has 0 saturated carbocycles. The molecule has 0 fully saturated rings. The van der Waals surface area contributed by atoms with Crippen LogP contribution in [0.4, 0.5) is 10.1 Å². The lowest BCUT2D eigenvalue weighted by molar-refractivity contribution is 0.102. The number of carbonyl (C=O) groups is 1. The summed E-state index contributed by atoms with van der Waals surface area (Å²) < 4.78 is 14.7. The molecule has 24 heavy (non-hydrogen) atoms. The van der Waals surface area contributed by atoms with E-state index in [0.717, 1.165) is 4.68 Å². The number of aryl methyl sites for hydroxylation is 2. The molecule has 2 aromatic heterocycles. The summed E-state index contributed by atoms with van der Waals surface area (Å²) >= 11 is 0. The highest BCUT2D eigenvalue weighted by Gasteiger charge is 2.15. The topological polar surface area (TPSA) is 92.7 Å². The van der Waals surface area contributed by atoms with E-state index < -0.39 is 17.3 Å². The minimum Gasteiger partial charge on any atom is -0.317 e. The molecular weight excluding hydrogens is 313 g/mol. The molecule has 2 N–H and O–H groups in total. The van der Waals surface area contributed by atoms with Gasteiger partial charge in [0.1, 0.15) is 17.2 Å². The number of amides is 1. The molecule has 1 aromatic carbocycles. The smallest absolute Gasteiger partial charge is 0.276 e. The van der Waals surface area contributed by atoms with Gasteiger partial charge in [-0.05, 0) is 32.0 Å². The largest absolute Gasteiger partial charge is 0.317 e. The minimum atomic E-state index is -0.605. The van der Waals surface area contributed by atoms with Gasteiger partial charge < -0.3 is 5.32 Å². The summed E-state index contributed by atoms with van der Waals surface area (Å²) in [4.78, 5) is 24.3. The summed E-state index contributed by atoms with van der Waals surface area (Å²) in [6, 6.07) is 8.18. The monoisotopic (exact) mass is 327 g/mol. The van der Waals surface area contributed by atoms with Gasteiger partial charge in [-0.3, -0.25) is 14.7 Å². The fourth-order valence-corrected chi connectivity index (χ4v) is 2.24. The molecule has 2 heterocycles. The number of nitrogens with zero attached hydrogens (tertiary/aromatic N) is 3. The Morgan fingerprint density at radius 3 is 2.62 bits per heavy atom. The number of carbonyl (C=O) groups excluding carboxylic acids is 1. The van der Waals surface area contributed by atoms with Crippen molar-refractivity contribution in [3.05, 3.63) is 69.7 Å². The molecule has 0 radical (unpaired) electrons. The third-order valence-corrected chi connectivity index (χ3v) is 3.48. The molecule has 0 aliphatic carbocycles. The molecule has 0 aliphatic heterocycles. The van der Waals surface area contributed by atoms with E-state index in [1.807, 2.05) is 0 Å². The number of halogens is 1. The van der Waals surface area contributed by atoms with Crippen molar-refractivity contribution in [2.24, 2.45) is 0 Å². The second-order valence-corrected chi connectivity index (χ2v) is 5.18. The van der Waals surface area contributed by atoms with Gasteiger partial charge in [0, 0.05) is 6.07 Å². The van der Waals surface area contributed by atoms with Gasteiger partial charge in [0.25, 0.3) is 11.5 Å². The molecule has 0 aliphatic rings. The van der Waals surface area contributed by atoms with Crippen molar-refractivity contribution in [2.45, 2.75) is 13.8 Å². The Kier molecular flexibility index (Phi) is 3.95. The molecule has 0 bridgehead atoms. The Labute approximate surface area is 136 Å². The fourth-order valence-electron chi connectivity index (χ4n) is 2.24. The van der Waals surface area contributed by atoms with Crippen molar-refractivity contribution < 1.29 is 9.18 Å². The maximum Gasteiger partial charge on any atom is 0.276 e. The molecule has 0 unspecified atom stereocenters.